The SMILES string of the molecule is O=c1cnc2ccccc2n1Cc1c(F)cc(-c2ccccc2)cc1F. The van der Waals surface area contributed by atoms with Crippen LogP contribution in [-0.2, 0) is 6.54 Å². The van der Waals surface area contributed by atoms with Gasteiger partial charge in [-0.25, -0.2) is 13.8 Å². The topological polar surface area (TPSA) is 34.9 Å². The molecule has 3 aromatic carbocycles. The zero-order chi connectivity index (χ0) is 18.1. The second-order valence-corrected chi connectivity index (χ2v) is 5.96. The summed E-state index contributed by atoms with van der Waals surface area (Å²) >= 11 is 0. The van der Waals surface area contributed by atoms with Crippen molar-refractivity contribution < 1.29 is 8.78 Å². The first-order valence-corrected chi connectivity index (χ1v) is 8.11. The minimum absolute atomic E-state index is 0.150. The summed E-state index contributed by atoms with van der Waals surface area (Å²) in [4.78, 5) is 16.3. The van der Waals surface area contributed by atoms with Gasteiger partial charge in [0.2, 0.25) is 0 Å². The van der Waals surface area contributed by atoms with Gasteiger partial charge in [-0.2, -0.15) is 0 Å². The van der Waals surface area contributed by atoms with Crippen LogP contribution in [0.1, 0.15) is 5.56 Å². The molecule has 1 heterocycles. The zero-order valence-corrected chi connectivity index (χ0v) is 13.7. The Morgan fingerprint density at radius 1 is 0.846 bits per heavy atom. The first-order chi connectivity index (χ1) is 12.6. The third kappa shape index (κ3) is 2.88. The zero-order valence-electron chi connectivity index (χ0n) is 13.7. The van der Waals surface area contributed by atoms with Gasteiger partial charge in [0.1, 0.15) is 11.6 Å². The number of fused-ring (bicyclic) bond motifs is 1. The first-order valence-electron chi connectivity index (χ1n) is 8.11. The Hall–Kier alpha value is -3.34. The molecule has 0 spiro atoms. The minimum Gasteiger partial charge on any atom is -0.301 e. The summed E-state index contributed by atoms with van der Waals surface area (Å²) in [7, 11) is 0. The van der Waals surface area contributed by atoms with Gasteiger partial charge < -0.3 is 4.57 Å². The fourth-order valence-electron chi connectivity index (χ4n) is 2.99. The number of hydrogen-bond acceptors (Lipinski definition) is 2. The van der Waals surface area contributed by atoms with Gasteiger partial charge in [0.15, 0.2) is 0 Å². The van der Waals surface area contributed by atoms with Crippen LogP contribution in [0.15, 0.2) is 77.7 Å². The Morgan fingerprint density at radius 3 is 2.23 bits per heavy atom. The summed E-state index contributed by atoms with van der Waals surface area (Å²) < 4.78 is 30.6. The number of halogens is 2. The molecule has 128 valence electrons. The Morgan fingerprint density at radius 2 is 1.50 bits per heavy atom. The van der Waals surface area contributed by atoms with Crippen molar-refractivity contribution in [1.29, 1.82) is 0 Å². The molecule has 3 nitrogen and oxygen atoms in total. The molecule has 1 aromatic heterocycles. The minimum atomic E-state index is -0.684. The average Bonchev–Trinajstić information content (AvgIpc) is 2.66. The molecule has 4 aromatic rings. The average molecular weight is 348 g/mol. The fourth-order valence-corrected chi connectivity index (χ4v) is 2.99. The maximum absolute atomic E-state index is 14.6. The van der Waals surface area contributed by atoms with Gasteiger partial charge in [-0.3, -0.25) is 4.79 Å². The maximum Gasteiger partial charge on any atom is 0.269 e. The predicted molar refractivity (Wildman–Crippen MR) is 96.9 cm³/mol. The van der Waals surface area contributed by atoms with Gasteiger partial charge in [-0.1, -0.05) is 42.5 Å². The van der Waals surface area contributed by atoms with E-state index in [-0.39, 0.29) is 12.1 Å². The summed E-state index contributed by atoms with van der Waals surface area (Å²) in [6.07, 6.45) is 1.16. The van der Waals surface area contributed by atoms with E-state index in [0.717, 1.165) is 11.8 Å². The normalized spacial score (nSPS) is 11.0. The fraction of sp³-hybridized carbons (Fsp3) is 0.0476. The molecular weight excluding hydrogens is 334 g/mol. The number of benzene rings is 3. The van der Waals surface area contributed by atoms with E-state index in [1.165, 1.54) is 16.7 Å². The van der Waals surface area contributed by atoms with E-state index in [2.05, 4.69) is 4.98 Å². The Kier molecular flexibility index (Phi) is 4.05. The van der Waals surface area contributed by atoms with Gasteiger partial charge in [-0.05, 0) is 35.4 Å². The lowest BCUT2D eigenvalue weighted by molar-refractivity contribution is 0.545. The Labute approximate surface area is 148 Å². The number of rotatable bonds is 3. The van der Waals surface area contributed by atoms with Crippen LogP contribution in [0.3, 0.4) is 0 Å². The summed E-state index contributed by atoms with van der Waals surface area (Å²) in [5, 5.41) is 0. The lowest BCUT2D eigenvalue weighted by atomic mass is 10.0. The van der Waals surface area contributed by atoms with E-state index in [4.69, 9.17) is 0 Å². The van der Waals surface area contributed by atoms with Gasteiger partial charge in [0.25, 0.3) is 5.56 Å². The summed E-state index contributed by atoms with van der Waals surface area (Å²) in [6.45, 7) is -0.200. The van der Waals surface area contributed by atoms with Crippen molar-refractivity contribution in [3.05, 3.63) is 100 Å². The van der Waals surface area contributed by atoms with E-state index < -0.39 is 17.2 Å². The second-order valence-electron chi connectivity index (χ2n) is 5.96. The number of hydrogen-bond donors (Lipinski definition) is 0. The van der Waals surface area contributed by atoms with Gasteiger partial charge in [0, 0.05) is 5.56 Å². The van der Waals surface area contributed by atoms with E-state index in [1.54, 1.807) is 36.4 Å². The van der Waals surface area contributed by atoms with Crippen molar-refractivity contribution in [3.8, 4) is 11.1 Å². The molecule has 0 fully saturated rings. The molecule has 0 aliphatic carbocycles. The molecular formula is C21H14F2N2O. The first kappa shape index (κ1) is 16.1. The van der Waals surface area contributed by atoms with E-state index in [1.807, 2.05) is 18.2 Å². The maximum atomic E-state index is 14.6. The van der Waals surface area contributed by atoms with Crippen molar-refractivity contribution in [2.45, 2.75) is 6.54 Å². The molecule has 5 heteroatoms. The Bertz CT molecular complexity index is 1130. The highest BCUT2D eigenvalue weighted by Gasteiger charge is 2.15. The van der Waals surface area contributed by atoms with E-state index >= 15 is 0 Å². The molecule has 0 aliphatic heterocycles. The van der Waals surface area contributed by atoms with Crippen LogP contribution in [-0.4, -0.2) is 9.55 Å². The number of para-hydroxylation sites is 2. The largest absolute Gasteiger partial charge is 0.301 e. The third-order valence-corrected chi connectivity index (χ3v) is 4.32. The lowest BCUT2D eigenvalue weighted by Crippen LogP contribution is -2.22. The summed E-state index contributed by atoms with van der Waals surface area (Å²) in [5.41, 5.74) is 1.75. The van der Waals surface area contributed by atoms with Crippen LogP contribution in [0.25, 0.3) is 22.2 Å². The van der Waals surface area contributed by atoms with Gasteiger partial charge in [0.05, 0.1) is 23.8 Å². The highest BCUT2D eigenvalue weighted by molar-refractivity contribution is 5.74. The summed E-state index contributed by atoms with van der Waals surface area (Å²) in [5.74, 6) is -1.37. The molecule has 4 rings (SSSR count). The van der Waals surface area contributed by atoms with Crippen LogP contribution in [0.4, 0.5) is 8.78 Å². The smallest absolute Gasteiger partial charge is 0.269 e. The van der Waals surface area contributed by atoms with Crippen molar-refractivity contribution in [2.24, 2.45) is 0 Å². The second kappa shape index (κ2) is 6.52. The van der Waals surface area contributed by atoms with Crippen LogP contribution in [0, 0.1) is 11.6 Å². The highest BCUT2D eigenvalue weighted by atomic mass is 19.1. The molecule has 0 saturated heterocycles. The molecule has 0 N–H and O–H groups in total. The van der Waals surface area contributed by atoms with Crippen LogP contribution < -0.4 is 5.56 Å². The van der Waals surface area contributed by atoms with Crippen molar-refractivity contribution in [3.63, 3.8) is 0 Å². The molecule has 0 bridgehead atoms. The predicted octanol–water partition coefficient (Wildman–Crippen LogP) is 4.39. The molecule has 0 atom stereocenters. The third-order valence-electron chi connectivity index (χ3n) is 4.32. The van der Waals surface area contributed by atoms with Crippen LogP contribution >= 0.6 is 0 Å². The molecule has 26 heavy (non-hydrogen) atoms. The van der Waals surface area contributed by atoms with E-state index in [9.17, 15) is 13.6 Å². The number of aromatic nitrogens is 2. The number of nitrogens with zero attached hydrogens (tertiary/aromatic N) is 2. The molecule has 0 aliphatic rings. The van der Waals surface area contributed by atoms with Crippen molar-refractivity contribution >= 4 is 11.0 Å². The van der Waals surface area contributed by atoms with E-state index in [0.29, 0.717) is 16.6 Å². The van der Waals surface area contributed by atoms with Crippen LogP contribution in [0.2, 0.25) is 0 Å². The monoisotopic (exact) mass is 348 g/mol. The quantitative estimate of drug-likeness (QED) is 0.550. The van der Waals surface area contributed by atoms with Crippen molar-refractivity contribution in [2.75, 3.05) is 0 Å². The Balaban J connectivity index is 1.81. The molecule has 0 radical (unpaired) electrons. The molecule has 0 amide bonds. The van der Waals surface area contributed by atoms with Gasteiger partial charge >= 0.3 is 0 Å². The lowest BCUT2D eigenvalue weighted by Gasteiger charge is -2.12. The van der Waals surface area contributed by atoms with Crippen LogP contribution in [0.5, 0.6) is 0 Å². The van der Waals surface area contributed by atoms with Crippen molar-refractivity contribution in [1.82, 2.24) is 9.55 Å². The standard InChI is InChI=1S/C21H14F2N2O/c22-17-10-15(14-6-2-1-3-7-14)11-18(23)16(17)13-25-20-9-5-4-8-19(20)24-12-21(25)26/h1-12H,13H2. The molecule has 0 unspecified atom stereocenters. The summed E-state index contributed by atoms with van der Waals surface area (Å²) in [6, 6.07) is 18.6. The highest BCUT2D eigenvalue weighted by Crippen LogP contribution is 2.25. The molecule has 0 saturated carbocycles. The van der Waals surface area contributed by atoms with Gasteiger partial charge in [-0.15, -0.1) is 0 Å².